The lowest BCUT2D eigenvalue weighted by Crippen LogP contribution is -2.39. The molecule has 0 amide bonds. The van der Waals surface area contributed by atoms with Crippen molar-refractivity contribution in [3.8, 4) is 0 Å². The summed E-state index contributed by atoms with van der Waals surface area (Å²) in [6.07, 6.45) is 4.34. The van der Waals surface area contributed by atoms with Crippen molar-refractivity contribution >= 4 is 34.3 Å². The van der Waals surface area contributed by atoms with E-state index in [2.05, 4.69) is 12.2 Å². The second-order valence-corrected chi connectivity index (χ2v) is 6.89. The Bertz CT molecular complexity index is 1030. The molecule has 3 rings (SSSR count). The summed E-state index contributed by atoms with van der Waals surface area (Å²) in [7, 11) is 0. The fraction of sp³-hybridized carbons (Fsp3) is 0.130. The lowest BCUT2D eigenvalue weighted by atomic mass is 10.1. The standard InChI is InChI=1S/C23H21FN2O2S/c1-2-16-5-7-18(8-6-16)22(28)21(26-13-3-4-17(14-26)15-27)23(29)25-20-11-9-19(24)10-12-20/h3-14,27H,2,15H2,1H3,(H-,25,28,29)/p+1. The molecule has 0 radical (unpaired) electrons. The number of hydrogen-bond donors (Lipinski definition) is 3. The first kappa shape index (κ1) is 20.6. The van der Waals surface area contributed by atoms with Gasteiger partial charge < -0.3 is 15.5 Å². The number of aromatic nitrogens is 1. The van der Waals surface area contributed by atoms with E-state index in [9.17, 15) is 14.6 Å². The number of halogens is 1. The number of nitrogens with one attached hydrogen (secondary N) is 1. The Hall–Kier alpha value is -3.09. The lowest BCUT2D eigenvalue weighted by molar-refractivity contribution is -0.576. The molecule has 0 saturated carbocycles. The molecule has 2 aromatic carbocycles. The predicted molar refractivity (Wildman–Crippen MR) is 117 cm³/mol. The molecule has 3 N–H and O–H groups in total. The van der Waals surface area contributed by atoms with Crippen molar-refractivity contribution in [1.82, 2.24) is 0 Å². The van der Waals surface area contributed by atoms with Gasteiger partial charge >= 0.3 is 0 Å². The molecule has 6 heteroatoms. The molecule has 0 aliphatic rings. The molecule has 0 saturated heterocycles. The molecular formula is C23H22FN2O2S+. The smallest absolute Gasteiger partial charge is 0.288 e. The highest BCUT2D eigenvalue weighted by Crippen LogP contribution is 2.20. The first-order chi connectivity index (χ1) is 14.0. The van der Waals surface area contributed by atoms with Gasteiger partial charge in [-0.15, -0.1) is 0 Å². The van der Waals surface area contributed by atoms with Gasteiger partial charge in [-0.05, 0) is 42.3 Å². The maximum Gasteiger partial charge on any atom is 0.288 e. The van der Waals surface area contributed by atoms with Crippen LogP contribution in [0, 0.1) is 5.82 Å². The minimum absolute atomic E-state index is 0.00708. The molecule has 0 bridgehead atoms. The molecular weight excluding hydrogens is 387 g/mol. The summed E-state index contributed by atoms with van der Waals surface area (Å²) in [5.41, 5.74) is 3.39. The molecule has 1 aromatic heterocycles. The highest BCUT2D eigenvalue weighted by Gasteiger charge is 2.24. The van der Waals surface area contributed by atoms with Crippen molar-refractivity contribution < 1.29 is 19.2 Å². The van der Waals surface area contributed by atoms with Gasteiger partial charge in [0.15, 0.2) is 23.1 Å². The number of anilines is 1. The highest BCUT2D eigenvalue weighted by atomic mass is 32.1. The van der Waals surface area contributed by atoms with E-state index in [1.807, 2.05) is 24.3 Å². The SMILES string of the molecule is CCc1ccc(/C(O)=C(\C(=S)Nc2ccc(F)cc2)[n+]2cccc(CO)c2)cc1. The Labute approximate surface area is 174 Å². The third kappa shape index (κ3) is 5.04. The zero-order valence-electron chi connectivity index (χ0n) is 16.0. The van der Waals surface area contributed by atoms with Crippen LogP contribution in [-0.2, 0) is 13.0 Å². The van der Waals surface area contributed by atoms with Crippen molar-refractivity contribution in [1.29, 1.82) is 0 Å². The topological polar surface area (TPSA) is 56.4 Å². The largest absolute Gasteiger partial charge is 0.502 e. The first-order valence-corrected chi connectivity index (χ1v) is 9.63. The number of aliphatic hydroxyl groups is 2. The molecule has 0 unspecified atom stereocenters. The molecule has 0 spiro atoms. The van der Waals surface area contributed by atoms with E-state index >= 15 is 0 Å². The quantitative estimate of drug-likeness (QED) is 0.243. The molecule has 0 aliphatic heterocycles. The van der Waals surface area contributed by atoms with Crippen molar-refractivity contribution in [2.24, 2.45) is 0 Å². The minimum Gasteiger partial charge on any atom is -0.502 e. The number of aliphatic hydroxyl groups excluding tert-OH is 2. The number of pyridine rings is 1. The average molecular weight is 410 g/mol. The summed E-state index contributed by atoms with van der Waals surface area (Å²) >= 11 is 5.57. The normalized spacial score (nSPS) is 11.7. The molecule has 1 heterocycles. The van der Waals surface area contributed by atoms with E-state index < -0.39 is 0 Å². The molecule has 0 atom stereocenters. The second kappa shape index (κ2) is 9.41. The second-order valence-electron chi connectivity index (χ2n) is 6.49. The van der Waals surface area contributed by atoms with Crippen LogP contribution in [-0.4, -0.2) is 15.2 Å². The average Bonchev–Trinajstić information content (AvgIpc) is 2.75. The van der Waals surface area contributed by atoms with E-state index in [0.717, 1.165) is 12.0 Å². The van der Waals surface area contributed by atoms with Gasteiger partial charge in [0.25, 0.3) is 5.70 Å². The monoisotopic (exact) mass is 409 g/mol. The van der Waals surface area contributed by atoms with Gasteiger partial charge in [-0.1, -0.05) is 43.4 Å². The number of thiocarbonyl (C=S) groups is 1. The van der Waals surface area contributed by atoms with Gasteiger partial charge in [0.2, 0.25) is 0 Å². The van der Waals surface area contributed by atoms with Crippen LogP contribution in [0.15, 0.2) is 73.1 Å². The van der Waals surface area contributed by atoms with E-state index in [-0.39, 0.29) is 23.2 Å². The molecule has 0 aliphatic carbocycles. The number of nitrogens with zero attached hydrogens (tertiary/aromatic N) is 1. The number of hydrogen-bond acceptors (Lipinski definition) is 3. The Morgan fingerprint density at radius 1 is 1.03 bits per heavy atom. The van der Waals surface area contributed by atoms with Crippen molar-refractivity contribution in [2.75, 3.05) is 5.32 Å². The third-order valence-electron chi connectivity index (χ3n) is 4.48. The molecule has 29 heavy (non-hydrogen) atoms. The maximum absolute atomic E-state index is 13.2. The summed E-state index contributed by atoms with van der Waals surface area (Å²) in [5.74, 6) is -0.353. The Morgan fingerprint density at radius 3 is 2.34 bits per heavy atom. The Morgan fingerprint density at radius 2 is 1.72 bits per heavy atom. The van der Waals surface area contributed by atoms with Gasteiger partial charge in [0.05, 0.1) is 6.61 Å². The predicted octanol–water partition coefficient (Wildman–Crippen LogP) is 4.49. The van der Waals surface area contributed by atoms with Gasteiger partial charge in [0, 0.05) is 22.9 Å². The van der Waals surface area contributed by atoms with Crippen LogP contribution in [0.4, 0.5) is 10.1 Å². The summed E-state index contributed by atoms with van der Waals surface area (Å²) in [6.45, 7) is 1.92. The first-order valence-electron chi connectivity index (χ1n) is 9.22. The zero-order valence-corrected chi connectivity index (χ0v) is 16.8. The molecule has 4 nitrogen and oxygen atoms in total. The van der Waals surface area contributed by atoms with Crippen molar-refractivity contribution in [3.05, 3.63) is 95.6 Å². The minimum atomic E-state index is -0.346. The Balaban J connectivity index is 2.06. The van der Waals surface area contributed by atoms with E-state index in [1.54, 1.807) is 41.2 Å². The summed E-state index contributed by atoms with van der Waals surface area (Å²) < 4.78 is 14.9. The Kier molecular flexibility index (Phi) is 6.69. The van der Waals surface area contributed by atoms with Crippen LogP contribution in [0.1, 0.15) is 23.6 Å². The van der Waals surface area contributed by atoms with Crippen LogP contribution in [0.3, 0.4) is 0 Å². The van der Waals surface area contributed by atoms with Crippen LogP contribution in [0.5, 0.6) is 0 Å². The van der Waals surface area contributed by atoms with Crippen molar-refractivity contribution in [2.45, 2.75) is 20.0 Å². The van der Waals surface area contributed by atoms with Crippen molar-refractivity contribution in [3.63, 3.8) is 0 Å². The number of rotatable bonds is 6. The summed E-state index contributed by atoms with van der Waals surface area (Å²) in [6, 6.07) is 16.9. The van der Waals surface area contributed by atoms with Crippen LogP contribution in [0.2, 0.25) is 0 Å². The summed E-state index contributed by atoms with van der Waals surface area (Å²) in [5, 5.41) is 23.6. The van der Waals surface area contributed by atoms with Gasteiger partial charge in [-0.25, -0.2) is 4.39 Å². The van der Waals surface area contributed by atoms with Crippen LogP contribution in [0.25, 0.3) is 11.5 Å². The number of aryl methyl sites for hydroxylation is 1. The maximum atomic E-state index is 13.2. The fourth-order valence-electron chi connectivity index (χ4n) is 2.86. The number of benzene rings is 2. The summed E-state index contributed by atoms with van der Waals surface area (Å²) in [4.78, 5) is 0.258. The molecule has 0 fully saturated rings. The van der Waals surface area contributed by atoms with E-state index in [0.29, 0.717) is 22.5 Å². The third-order valence-corrected chi connectivity index (χ3v) is 4.78. The fourth-order valence-corrected chi connectivity index (χ4v) is 3.18. The lowest BCUT2D eigenvalue weighted by Gasteiger charge is -2.11. The van der Waals surface area contributed by atoms with Crippen LogP contribution < -0.4 is 9.88 Å². The van der Waals surface area contributed by atoms with E-state index in [4.69, 9.17) is 12.2 Å². The van der Waals surface area contributed by atoms with E-state index in [1.165, 1.54) is 12.1 Å². The molecule has 148 valence electrons. The highest BCUT2D eigenvalue weighted by molar-refractivity contribution is 7.81. The molecule has 3 aromatic rings. The van der Waals surface area contributed by atoms with Crippen LogP contribution >= 0.6 is 12.2 Å². The van der Waals surface area contributed by atoms with Gasteiger partial charge in [0.1, 0.15) is 5.82 Å². The van der Waals surface area contributed by atoms with Gasteiger partial charge in [-0.3, -0.25) is 0 Å². The zero-order chi connectivity index (χ0) is 20.8. The van der Waals surface area contributed by atoms with Gasteiger partial charge in [-0.2, -0.15) is 4.57 Å².